The minimum absolute atomic E-state index is 0.0313. The summed E-state index contributed by atoms with van der Waals surface area (Å²) in [5.41, 5.74) is 0.879. The van der Waals surface area contributed by atoms with Crippen molar-refractivity contribution < 1.29 is 9.47 Å². The van der Waals surface area contributed by atoms with E-state index in [-0.39, 0.29) is 18.2 Å². The molecule has 4 heteroatoms. The molecule has 3 atom stereocenters. The summed E-state index contributed by atoms with van der Waals surface area (Å²) in [4.78, 5) is 0. The molecular weight excluding hydrogens is 228 g/mol. The lowest BCUT2D eigenvalue weighted by Gasteiger charge is -2.19. The van der Waals surface area contributed by atoms with Gasteiger partial charge in [-0.3, -0.25) is 0 Å². The van der Waals surface area contributed by atoms with Gasteiger partial charge in [0.2, 0.25) is 0 Å². The van der Waals surface area contributed by atoms with Gasteiger partial charge in [0.05, 0.1) is 25.4 Å². The second-order valence-corrected chi connectivity index (χ2v) is 4.55. The monoisotopic (exact) mass is 246 g/mol. The molecule has 1 aliphatic heterocycles. The molecule has 1 aromatic carbocycles. The number of methoxy groups -OCH3 is 1. The van der Waals surface area contributed by atoms with E-state index in [1.54, 1.807) is 7.11 Å². The summed E-state index contributed by atoms with van der Waals surface area (Å²) >= 11 is 0. The highest BCUT2D eigenvalue weighted by atomic mass is 16.5. The highest BCUT2D eigenvalue weighted by Crippen LogP contribution is 2.24. The van der Waals surface area contributed by atoms with Crippen molar-refractivity contribution in [2.24, 2.45) is 0 Å². The standard InChI is InChI=1S/C14H18N2O2/c1-10-6-7-14(18-10)13(9-15)16-11-4-3-5-12(8-11)17-2/h3-5,8,10,13-14,16H,6-7H2,1-2H3. The number of rotatable bonds is 4. The minimum atomic E-state index is -0.318. The fraction of sp³-hybridized carbons (Fsp3) is 0.500. The van der Waals surface area contributed by atoms with Gasteiger partial charge in [-0.05, 0) is 31.9 Å². The normalized spacial score (nSPS) is 24.3. The van der Waals surface area contributed by atoms with Crippen LogP contribution in [0.1, 0.15) is 19.8 Å². The van der Waals surface area contributed by atoms with Gasteiger partial charge in [0.25, 0.3) is 0 Å². The van der Waals surface area contributed by atoms with Crippen molar-refractivity contribution in [1.29, 1.82) is 5.26 Å². The molecule has 2 rings (SSSR count). The molecule has 0 spiro atoms. The average Bonchev–Trinajstić information content (AvgIpc) is 2.82. The molecule has 0 radical (unpaired) electrons. The highest BCUT2D eigenvalue weighted by Gasteiger charge is 2.29. The largest absolute Gasteiger partial charge is 0.497 e. The van der Waals surface area contributed by atoms with Gasteiger partial charge in [-0.25, -0.2) is 0 Å². The number of ether oxygens (including phenoxy) is 2. The molecule has 96 valence electrons. The number of nitriles is 1. The van der Waals surface area contributed by atoms with Crippen LogP contribution in [0.15, 0.2) is 24.3 Å². The minimum Gasteiger partial charge on any atom is -0.497 e. The fourth-order valence-corrected chi connectivity index (χ4v) is 2.18. The van der Waals surface area contributed by atoms with E-state index in [4.69, 9.17) is 9.47 Å². The smallest absolute Gasteiger partial charge is 0.141 e. The van der Waals surface area contributed by atoms with E-state index in [2.05, 4.69) is 11.4 Å². The third kappa shape index (κ3) is 2.93. The molecule has 0 bridgehead atoms. The fourth-order valence-electron chi connectivity index (χ4n) is 2.18. The molecular formula is C14H18N2O2. The van der Waals surface area contributed by atoms with Crippen molar-refractivity contribution in [2.45, 2.75) is 38.0 Å². The van der Waals surface area contributed by atoms with E-state index in [1.165, 1.54) is 0 Å². The molecule has 1 aromatic rings. The molecule has 0 saturated carbocycles. The summed E-state index contributed by atoms with van der Waals surface area (Å²) in [6.45, 7) is 2.04. The zero-order valence-electron chi connectivity index (χ0n) is 10.7. The van der Waals surface area contributed by atoms with Crippen LogP contribution in [0.5, 0.6) is 5.75 Å². The Kier molecular flexibility index (Phi) is 4.06. The van der Waals surface area contributed by atoms with Crippen molar-refractivity contribution in [3.05, 3.63) is 24.3 Å². The van der Waals surface area contributed by atoms with E-state index in [0.29, 0.717) is 0 Å². The Balaban J connectivity index is 2.04. The van der Waals surface area contributed by atoms with Gasteiger partial charge in [0.15, 0.2) is 0 Å². The summed E-state index contributed by atoms with van der Waals surface area (Å²) in [5, 5.41) is 12.4. The van der Waals surface area contributed by atoms with E-state index in [0.717, 1.165) is 24.3 Å². The van der Waals surface area contributed by atoms with E-state index in [1.807, 2.05) is 31.2 Å². The van der Waals surface area contributed by atoms with Gasteiger partial charge >= 0.3 is 0 Å². The Morgan fingerprint density at radius 1 is 1.50 bits per heavy atom. The van der Waals surface area contributed by atoms with Crippen LogP contribution in [-0.2, 0) is 4.74 Å². The lowest BCUT2D eigenvalue weighted by Crippen LogP contribution is -2.32. The van der Waals surface area contributed by atoms with E-state index in [9.17, 15) is 5.26 Å². The van der Waals surface area contributed by atoms with Crippen molar-refractivity contribution in [3.8, 4) is 11.8 Å². The maximum Gasteiger partial charge on any atom is 0.141 e. The maximum absolute atomic E-state index is 9.24. The Hall–Kier alpha value is -1.73. The third-order valence-electron chi connectivity index (χ3n) is 3.17. The first-order chi connectivity index (χ1) is 8.72. The molecule has 1 N–H and O–H groups in total. The number of anilines is 1. The first kappa shape index (κ1) is 12.7. The zero-order chi connectivity index (χ0) is 13.0. The lowest BCUT2D eigenvalue weighted by atomic mass is 10.1. The first-order valence-electron chi connectivity index (χ1n) is 6.18. The van der Waals surface area contributed by atoms with Gasteiger partial charge in [-0.1, -0.05) is 6.07 Å². The van der Waals surface area contributed by atoms with Crippen LogP contribution in [0.4, 0.5) is 5.69 Å². The molecule has 1 aliphatic rings. The maximum atomic E-state index is 9.24. The molecule has 4 nitrogen and oxygen atoms in total. The van der Waals surface area contributed by atoms with Crippen LogP contribution in [0.2, 0.25) is 0 Å². The highest BCUT2D eigenvalue weighted by molar-refractivity contribution is 5.50. The van der Waals surface area contributed by atoms with Crippen molar-refractivity contribution in [2.75, 3.05) is 12.4 Å². The molecule has 1 saturated heterocycles. The Labute approximate surface area is 108 Å². The molecule has 1 heterocycles. The summed E-state index contributed by atoms with van der Waals surface area (Å²) in [6, 6.07) is 9.53. The topological polar surface area (TPSA) is 54.3 Å². The number of nitrogens with zero attached hydrogens (tertiary/aromatic N) is 1. The van der Waals surface area contributed by atoms with Crippen LogP contribution < -0.4 is 10.1 Å². The molecule has 0 aromatic heterocycles. The SMILES string of the molecule is COc1cccc(NC(C#N)C2CCC(C)O2)c1. The number of hydrogen-bond acceptors (Lipinski definition) is 4. The van der Waals surface area contributed by atoms with Crippen molar-refractivity contribution >= 4 is 5.69 Å². The lowest BCUT2D eigenvalue weighted by molar-refractivity contribution is 0.0534. The Morgan fingerprint density at radius 2 is 2.33 bits per heavy atom. The quantitative estimate of drug-likeness (QED) is 0.887. The second-order valence-electron chi connectivity index (χ2n) is 4.55. The van der Waals surface area contributed by atoms with Crippen molar-refractivity contribution in [1.82, 2.24) is 0 Å². The van der Waals surface area contributed by atoms with Gasteiger partial charge in [-0.15, -0.1) is 0 Å². The van der Waals surface area contributed by atoms with Gasteiger partial charge in [0.1, 0.15) is 11.8 Å². The van der Waals surface area contributed by atoms with E-state index < -0.39 is 0 Å². The molecule has 1 fully saturated rings. The molecule has 3 unspecified atom stereocenters. The Bertz CT molecular complexity index is 442. The molecule has 0 aliphatic carbocycles. The Morgan fingerprint density at radius 3 is 2.94 bits per heavy atom. The molecule has 18 heavy (non-hydrogen) atoms. The summed E-state index contributed by atoms with van der Waals surface area (Å²) < 4.78 is 10.9. The summed E-state index contributed by atoms with van der Waals surface area (Å²) in [5.74, 6) is 0.775. The van der Waals surface area contributed by atoms with Crippen LogP contribution in [0.3, 0.4) is 0 Å². The number of nitrogens with one attached hydrogen (secondary N) is 1. The van der Waals surface area contributed by atoms with Crippen LogP contribution in [-0.4, -0.2) is 25.4 Å². The molecule has 0 amide bonds. The first-order valence-corrected chi connectivity index (χ1v) is 6.18. The predicted octanol–water partition coefficient (Wildman–Crippen LogP) is 2.57. The van der Waals surface area contributed by atoms with Gasteiger partial charge in [-0.2, -0.15) is 5.26 Å². The number of benzene rings is 1. The zero-order valence-corrected chi connectivity index (χ0v) is 10.7. The van der Waals surface area contributed by atoms with Crippen LogP contribution >= 0.6 is 0 Å². The predicted molar refractivity (Wildman–Crippen MR) is 69.6 cm³/mol. The van der Waals surface area contributed by atoms with Gasteiger partial charge < -0.3 is 14.8 Å². The van der Waals surface area contributed by atoms with E-state index >= 15 is 0 Å². The van der Waals surface area contributed by atoms with Crippen LogP contribution in [0.25, 0.3) is 0 Å². The third-order valence-corrected chi connectivity index (χ3v) is 3.17. The summed E-state index contributed by atoms with van der Waals surface area (Å²) in [6.07, 6.45) is 2.16. The second kappa shape index (κ2) is 5.74. The van der Waals surface area contributed by atoms with Crippen molar-refractivity contribution in [3.63, 3.8) is 0 Å². The number of hydrogen-bond donors (Lipinski definition) is 1. The van der Waals surface area contributed by atoms with Gasteiger partial charge in [0, 0.05) is 11.8 Å². The van der Waals surface area contributed by atoms with Crippen LogP contribution in [0, 0.1) is 11.3 Å². The summed E-state index contributed by atoms with van der Waals surface area (Å²) in [7, 11) is 1.63. The average molecular weight is 246 g/mol.